The van der Waals surface area contributed by atoms with Gasteiger partial charge in [0.25, 0.3) is 0 Å². The Morgan fingerprint density at radius 3 is 2.08 bits per heavy atom. The van der Waals surface area contributed by atoms with Crippen LogP contribution in [0.4, 0.5) is 16.4 Å². The fourth-order valence-corrected chi connectivity index (χ4v) is 5.30. The number of nitrogens with zero attached hydrogens (tertiary/aromatic N) is 2. The minimum Gasteiger partial charge on any atom is -0.453 e. The first kappa shape index (κ1) is 31.2. The molecule has 3 rings (SSSR count). The molecule has 0 saturated heterocycles. The highest BCUT2D eigenvalue weighted by molar-refractivity contribution is 7.99. The molecule has 0 radical (unpaired) electrons. The number of imidazole rings is 1. The van der Waals surface area contributed by atoms with Gasteiger partial charge in [-0.15, -0.1) is 0 Å². The Hall–Kier alpha value is -3.33. The van der Waals surface area contributed by atoms with Crippen LogP contribution in [0.25, 0.3) is 11.0 Å². The maximum atomic E-state index is 13.1. The average molecular weight is 567 g/mol. The first-order valence-corrected chi connectivity index (χ1v) is 15.2. The first-order chi connectivity index (χ1) is 19.4. The number of rotatable bonds is 16. The number of benzene rings is 2. The van der Waals surface area contributed by atoms with Crippen LogP contribution in [0.15, 0.2) is 52.3 Å². The zero-order valence-electron chi connectivity index (χ0n) is 24.0. The van der Waals surface area contributed by atoms with Gasteiger partial charge < -0.3 is 10.1 Å². The highest BCUT2D eigenvalue weighted by Crippen LogP contribution is 2.32. The maximum Gasteiger partial charge on any atom is 0.413 e. The maximum absolute atomic E-state index is 13.1. The lowest BCUT2D eigenvalue weighted by Gasteiger charge is -2.09. The van der Waals surface area contributed by atoms with Gasteiger partial charge in [-0.3, -0.25) is 14.9 Å². The van der Waals surface area contributed by atoms with E-state index in [-0.39, 0.29) is 17.8 Å². The SMILES string of the molecule is CCCCCCCC(=O)Nc1ccc(Sc2ccc3c(c2)nc(NC(=O)OC)n3C(=O)CCCCCCC)cc1. The molecule has 0 aliphatic rings. The molecule has 0 aliphatic carbocycles. The van der Waals surface area contributed by atoms with Crippen molar-refractivity contribution < 1.29 is 19.1 Å². The van der Waals surface area contributed by atoms with Gasteiger partial charge >= 0.3 is 6.09 Å². The molecule has 0 spiro atoms. The van der Waals surface area contributed by atoms with Crippen LogP contribution < -0.4 is 10.6 Å². The minimum absolute atomic E-state index is 0.0461. The number of hydrogen-bond donors (Lipinski definition) is 2. The van der Waals surface area contributed by atoms with E-state index in [9.17, 15) is 14.4 Å². The van der Waals surface area contributed by atoms with E-state index in [4.69, 9.17) is 4.74 Å². The van der Waals surface area contributed by atoms with Crippen molar-refractivity contribution in [2.45, 2.75) is 101 Å². The molecule has 0 unspecified atom stereocenters. The van der Waals surface area contributed by atoms with Gasteiger partial charge in [-0.2, -0.15) is 0 Å². The van der Waals surface area contributed by atoms with E-state index < -0.39 is 6.09 Å². The molecule has 1 aromatic heterocycles. The summed E-state index contributed by atoms with van der Waals surface area (Å²) in [7, 11) is 1.28. The third-order valence-electron chi connectivity index (χ3n) is 6.65. The lowest BCUT2D eigenvalue weighted by molar-refractivity contribution is -0.116. The number of amides is 2. The van der Waals surface area contributed by atoms with Crippen LogP contribution in [0.3, 0.4) is 0 Å². The molecule has 3 aromatic rings. The molecule has 216 valence electrons. The smallest absolute Gasteiger partial charge is 0.413 e. The highest BCUT2D eigenvalue weighted by Gasteiger charge is 2.19. The molecule has 2 aromatic carbocycles. The fourth-order valence-electron chi connectivity index (χ4n) is 4.45. The van der Waals surface area contributed by atoms with Crippen LogP contribution in [0.2, 0.25) is 0 Å². The van der Waals surface area contributed by atoms with Crippen molar-refractivity contribution >= 4 is 52.3 Å². The minimum atomic E-state index is -0.675. The van der Waals surface area contributed by atoms with Gasteiger partial charge in [-0.05, 0) is 55.3 Å². The predicted octanol–water partition coefficient (Wildman–Crippen LogP) is 8.67. The van der Waals surface area contributed by atoms with Crippen LogP contribution in [0, 0.1) is 0 Å². The van der Waals surface area contributed by atoms with Crippen molar-refractivity contribution in [2.75, 3.05) is 17.7 Å². The molecule has 2 amide bonds. The van der Waals surface area contributed by atoms with Gasteiger partial charge in [0.05, 0.1) is 18.1 Å². The monoisotopic (exact) mass is 566 g/mol. The summed E-state index contributed by atoms with van der Waals surface area (Å²) >= 11 is 1.56. The molecule has 0 fully saturated rings. The standard InChI is InChI=1S/C31H42N4O4S/c1-4-6-8-10-12-14-28(36)32-23-16-18-24(19-17-23)40-25-20-21-27-26(22-25)33-30(34-31(38)39-3)35(27)29(37)15-13-11-9-7-5-2/h16-22H,4-15H2,1-3H3,(H,32,36)(H,33,34,38). The Kier molecular flexibility index (Phi) is 13.0. The summed E-state index contributed by atoms with van der Waals surface area (Å²) in [5.41, 5.74) is 2.03. The lowest BCUT2D eigenvalue weighted by Crippen LogP contribution is -2.19. The van der Waals surface area contributed by atoms with E-state index >= 15 is 0 Å². The van der Waals surface area contributed by atoms with Crippen LogP contribution in [-0.2, 0) is 9.53 Å². The number of aromatic nitrogens is 2. The summed E-state index contributed by atoms with van der Waals surface area (Å²) < 4.78 is 6.21. The molecule has 0 aliphatic heterocycles. The van der Waals surface area contributed by atoms with Gasteiger partial charge in [0.2, 0.25) is 17.8 Å². The Bertz CT molecular complexity index is 1260. The molecule has 0 bridgehead atoms. The van der Waals surface area contributed by atoms with Crippen molar-refractivity contribution in [3.05, 3.63) is 42.5 Å². The zero-order chi connectivity index (χ0) is 28.7. The topological polar surface area (TPSA) is 102 Å². The van der Waals surface area contributed by atoms with E-state index in [1.807, 2.05) is 42.5 Å². The van der Waals surface area contributed by atoms with E-state index in [2.05, 4.69) is 29.5 Å². The second-order valence-corrected chi connectivity index (χ2v) is 11.1. The molecule has 0 atom stereocenters. The summed E-state index contributed by atoms with van der Waals surface area (Å²) in [6.07, 6.45) is 11.0. The molecule has 1 heterocycles. The van der Waals surface area contributed by atoms with Crippen molar-refractivity contribution in [3.63, 3.8) is 0 Å². The highest BCUT2D eigenvalue weighted by atomic mass is 32.2. The molecule has 2 N–H and O–H groups in total. The first-order valence-electron chi connectivity index (χ1n) is 14.4. The molecule has 0 saturated carbocycles. The number of anilines is 2. The number of hydrogen-bond acceptors (Lipinski definition) is 6. The van der Waals surface area contributed by atoms with E-state index in [1.165, 1.54) is 30.9 Å². The van der Waals surface area contributed by atoms with Gasteiger partial charge in [0, 0.05) is 28.3 Å². The zero-order valence-corrected chi connectivity index (χ0v) is 24.8. The van der Waals surface area contributed by atoms with Crippen LogP contribution >= 0.6 is 11.8 Å². The number of nitrogens with one attached hydrogen (secondary N) is 2. The van der Waals surface area contributed by atoms with Crippen molar-refractivity contribution in [1.29, 1.82) is 0 Å². The Labute approximate surface area is 241 Å². The van der Waals surface area contributed by atoms with Gasteiger partial charge in [-0.25, -0.2) is 14.3 Å². The third-order valence-corrected chi connectivity index (χ3v) is 7.65. The van der Waals surface area contributed by atoms with Crippen LogP contribution in [-0.4, -0.2) is 34.6 Å². The molecule has 8 nitrogen and oxygen atoms in total. The normalized spacial score (nSPS) is 11.0. The van der Waals surface area contributed by atoms with Crippen molar-refractivity contribution in [1.82, 2.24) is 9.55 Å². The summed E-state index contributed by atoms with van der Waals surface area (Å²) in [6, 6.07) is 13.5. The summed E-state index contributed by atoms with van der Waals surface area (Å²) in [4.78, 5) is 43.8. The summed E-state index contributed by atoms with van der Waals surface area (Å²) in [5, 5.41) is 5.56. The van der Waals surface area contributed by atoms with Crippen LogP contribution in [0.5, 0.6) is 0 Å². The van der Waals surface area contributed by atoms with E-state index in [0.717, 1.165) is 60.4 Å². The number of ether oxygens (including phenoxy) is 1. The molecule has 9 heteroatoms. The second-order valence-electron chi connectivity index (χ2n) is 9.93. The Morgan fingerprint density at radius 2 is 1.43 bits per heavy atom. The van der Waals surface area contributed by atoms with Gasteiger partial charge in [0.1, 0.15) is 0 Å². The molecule has 40 heavy (non-hydrogen) atoms. The number of carbonyl (C=O) groups is 3. The van der Waals surface area contributed by atoms with Gasteiger partial charge in [-0.1, -0.05) is 77.0 Å². The fraction of sp³-hybridized carbons (Fsp3) is 0.484. The van der Waals surface area contributed by atoms with Crippen molar-refractivity contribution in [3.8, 4) is 0 Å². The van der Waals surface area contributed by atoms with Gasteiger partial charge in [0.15, 0.2) is 0 Å². The van der Waals surface area contributed by atoms with Crippen molar-refractivity contribution in [2.24, 2.45) is 0 Å². The average Bonchev–Trinajstić information content (AvgIpc) is 3.30. The predicted molar refractivity (Wildman–Crippen MR) is 162 cm³/mol. The summed E-state index contributed by atoms with van der Waals surface area (Å²) in [6.45, 7) is 4.34. The number of unbranched alkanes of at least 4 members (excludes halogenated alkanes) is 8. The quantitative estimate of drug-likeness (QED) is 0.168. The van der Waals surface area contributed by atoms with E-state index in [1.54, 1.807) is 11.8 Å². The Morgan fingerprint density at radius 1 is 0.800 bits per heavy atom. The third kappa shape index (κ3) is 9.70. The Balaban J connectivity index is 1.66. The molecular formula is C31H42N4O4S. The second kappa shape index (κ2) is 16.7. The molecular weight excluding hydrogens is 524 g/mol. The number of fused-ring (bicyclic) bond motifs is 1. The lowest BCUT2D eigenvalue weighted by atomic mass is 10.1. The summed E-state index contributed by atoms with van der Waals surface area (Å²) in [5.74, 6) is 0.0993. The van der Waals surface area contributed by atoms with E-state index in [0.29, 0.717) is 23.9 Å². The number of carbonyl (C=O) groups excluding carboxylic acids is 3. The largest absolute Gasteiger partial charge is 0.453 e. The van der Waals surface area contributed by atoms with Crippen LogP contribution in [0.1, 0.15) is 95.7 Å². The number of methoxy groups -OCH3 is 1.